The number of nitrogens with zero attached hydrogens (tertiary/aromatic N) is 4. The summed E-state index contributed by atoms with van der Waals surface area (Å²) in [5, 5.41) is 293. The number of aliphatic hydroxyl groups is 18. The van der Waals surface area contributed by atoms with Crippen molar-refractivity contribution >= 4 is 74.5 Å². The zero-order valence-corrected chi connectivity index (χ0v) is 96.0. The molecule has 8 aromatic carbocycles. The molecule has 0 saturated carbocycles. The van der Waals surface area contributed by atoms with Gasteiger partial charge in [0.25, 0.3) is 0 Å². The number of benzene rings is 8. The maximum Gasteiger partial charge on any atom is 3.00 e. The molecule has 2 aliphatic rings. The summed E-state index contributed by atoms with van der Waals surface area (Å²) >= 11 is 0. The minimum atomic E-state index is -1.66. The van der Waals surface area contributed by atoms with Gasteiger partial charge in [0.1, 0.15) is 61.3 Å². The van der Waals surface area contributed by atoms with Crippen LogP contribution in [0.2, 0.25) is 0 Å². The van der Waals surface area contributed by atoms with Crippen LogP contribution in [0, 0.1) is 205 Å². The van der Waals surface area contributed by atoms with E-state index in [1.807, 2.05) is 0 Å². The van der Waals surface area contributed by atoms with Crippen molar-refractivity contribution in [1.82, 2.24) is 10.6 Å². The summed E-state index contributed by atoms with van der Waals surface area (Å²) in [6, 6.07) is 34.3. The quantitative estimate of drug-likeness (QED) is 0.0132. The molecular formula is C98H126N6Nd4O40. The standard InChI is InChI=1S/4C13H17NO5.2C13H15NO5.2C7H6O2.6CH4O.4Nd/c2*1-8-2-9(4-15)11(18)10(3-8)12-14-13(5-16,6-17)7-19-12;4*1-9-2-10(12(19)11(3-9)5-15)4-14-13(6-16,7-17)8-18;2*8-7(9)6-4-2-1-3-5-6;6*1-2;;;;/h2*2-4,12,14,16-18H,5-7H2,1H3;2*2-5,16-19H,6-8H2,1H3;2*2-5,16,19H,6-8H2,1H3;2*1-5H,(H,8,9);6*2H,1H3;;;;/q;;;;2*-2;;;;;;;;;4*+3/p-8/t2*12-;;;;;;;;;;;;;;;;/m10................/s1. The van der Waals surface area contributed by atoms with Crippen molar-refractivity contribution in [2.24, 2.45) is 20.0 Å². The van der Waals surface area contributed by atoms with Crippen molar-refractivity contribution in [2.75, 3.05) is 162 Å². The third-order valence-electron chi connectivity index (χ3n) is 19.6. The summed E-state index contributed by atoms with van der Waals surface area (Å²) < 4.78 is 10.9. The molecule has 0 aromatic heterocycles. The van der Waals surface area contributed by atoms with E-state index in [-0.39, 0.29) is 270 Å². The van der Waals surface area contributed by atoms with Gasteiger partial charge in [-0.05, 0) is 145 Å². The molecule has 4 radical (unpaired) electrons. The first-order valence-electron chi connectivity index (χ1n) is 42.2. The van der Waals surface area contributed by atoms with Gasteiger partial charge in [-0.25, -0.2) is 0 Å². The SMILES string of the molecule is CO.CO.CO.CO.CO.CO.Cc1cc(C=O)c([O-])c(C=NC(CO)(CO)CO)c1.Cc1cc(C=O)c([O-])c(C=NC(CO)(CO)CO)c1.Cc1cc(C=O)c([O-])c(C=NC(C[O-])(C[O-])CO)c1.Cc1cc(C=O)c([O-])c(C=NC(C[O-])(C[O-])CO)c1.Cc1cc(C=O)c([O-])c([C@@H]2NC(CO)(CO)CO2)c1.Cc1cc(C=O)c([O-])c([C@H]2NC(CO)(CO)CO2)c1.O=C([O-])c1ccccc1.O=C([O-])c1ccccc1.[Nd+3].[Nd+3].[Nd+3].[Nd+3]. The van der Waals surface area contributed by atoms with Gasteiger partial charge in [-0.1, -0.05) is 143 Å². The average molecular weight is 2610 g/mol. The smallest absolute Gasteiger partial charge is 0.872 e. The summed E-state index contributed by atoms with van der Waals surface area (Å²) in [6.45, 7) is 1.15. The predicted molar refractivity (Wildman–Crippen MR) is 501 cm³/mol. The second-order valence-corrected chi connectivity index (χ2v) is 30.3. The van der Waals surface area contributed by atoms with E-state index in [9.17, 15) is 120 Å². The normalized spacial score (nSPS) is 13.0. The number of hydrogen-bond donors (Lipinski definition) is 20. The van der Waals surface area contributed by atoms with Crippen LogP contribution < -0.4 is 71.9 Å². The van der Waals surface area contributed by atoms with Gasteiger partial charge >= 0.3 is 163 Å². The first-order chi connectivity index (χ1) is 68.8. The molecule has 0 unspecified atom stereocenters. The van der Waals surface area contributed by atoms with E-state index in [1.165, 1.54) is 84.9 Å². The molecule has 0 bridgehead atoms. The number of carboxylic acid groups (broad SMARTS) is 2. The van der Waals surface area contributed by atoms with E-state index >= 15 is 0 Å². The Hall–Kier alpha value is -7.44. The minimum Gasteiger partial charge on any atom is -0.872 e. The van der Waals surface area contributed by atoms with Gasteiger partial charge in [0, 0.05) is 101 Å². The fourth-order valence-corrected chi connectivity index (χ4v) is 11.3. The number of rotatable bonds is 34. The minimum absolute atomic E-state index is 0. The molecule has 2 saturated heterocycles. The van der Waals surface area contributed by atoms with Gasteiger partial charge in [-0.3, -0.25) is 59.4 Å². The van der Waals surface area contributed by atoms with Crippen LogP contribution in [-0.4, -0.2) is 361 Å². The Labute approximate surface area is 986 Å². The molecule has 50 heteroatoms. The van der Waals surface area contributed by atoms with Crippen LogP contribution in [0.5, 0.6) is 34.5 Å². The Balaban J connectivity index is -0.000000250. The van der Waals surface area contributed by atoms with Crippen LogP contribution in [0.15, 0.2) is 153 Å². The van der Waals surface area contributed by atoms with E-state index in [0.29, 0.717) is 71.1 Å². The molecule has 0 aliphatic carbocycles. The molecule has 0 amide bonds. The van der Waals surface area contributed by atoms with Gasteiger partial charge in [-0.15, -0.1) is 26.4 Å². The van der Waals surface area contributed by atoms with E-state index in [1.54, 1.807) is 90.1 Å². The molecule has 20 N–H and O–H groups in total. The second-order valence-electron chi connectivity index (χ2n) is 30.3. The summed E-state index contributed by atoms with van der Waals surface area (Å²) in [7, 11) is 6.00. The zero-order chi connectivity index (χ0) is 111. The maximum atomic E-state index is 12.1. The summed E-state index contributed by atoms with van der Waals surface area (Å²) in [4.78, 5) is 100.0. The van der Waals surface area contributed by atoms with E-state index in [0.717, 1.165) is 78.6 Å². The van der Waals surface area contributed by atoms with Gasteiger partial charge in [0.15, 0.2) is 0 Å². The van der Waals surface area contributed by atoms with Gasteiger partial charge < -0.3 is 172 Å². The van der Waals surface area contributed by atoms with Crippen molar-refractivity contribution in [2.45, 2.75) is 87.2 Å². The number of nitrogens with one attached hydrogen (secondary N) is 2. The molecule has 2 heterocycles. The maximum absolute atomic E-state index is 12.1. The second kappa shape index (κ2) is 86.0. The predicted octanol–water partition coefficient (Wildman–Crippen LogP) is -10.3. The van der Waals surface area contributed by atoms with Crippen LogP contribution in [0.3, 0.4) is 0 Å². The summed E-state index contributed by atoms with van der Waals surface area (Å²) in [5.41, 5.74) is -1.97. The molecule has 0 spiro atoms. The first-order valence-corrected chi connectivity index (χ1v) is 42.2. The monoisotopic (exact) mass is 2590 g/mol. The molecule has 8 aromatic rings. The third kappa shape index (κ3) is 51.1. The third-order valence-corrected chi connectivity index (χ3v) is 19.6. The van der Waals surface area contributed by atoms with Crippen LogP contribution in [-0.2, 0) is 9.47 Å². The molecule has 148 heavy (non-hydrogen) atoms. The number of aryl methyl sites for hydroxylation is 6. The number of carboxylic acids is 2. The van der Waals surface area contributed by atoms with Crippen molar-refractivity contribution in [3.63, 3.8) is 0 Å². The molecule has 2 fully saturated rings. The zero-order valence-electron chi connectivity index (χ0n) is 83.2. The van der Waals surface area contributed by atoms with Crippen LogP contribution in [0.25, 0.3) is 0 Å². The van der Waals surface area contributed by atoms with Crippen molar-refractivity contribution < 1.29 is 364 Å². The number of aliphatic hydroxyl groups excluding tert-OH is 18. The van der Waals surface area contributed by atoms with Gasteiger partial charge in [0.05, 0.1) is 127 Å². The summed E-state index contributed by atoms with van der Waals surface area (Å²) in [6.07, 6.45) is 5.83. The fourth-order valence-electron chi connectivity index (χ4n) is 11.3. The molecule has 2 aliphatic heterocycles. The molecule has 46 nitrogen and oxygen atoms in total. The van der Waals surface area contributed by atoms with Gasteiger partial charge in [0.2, 0.25) is 0 Å². The van der Waals surface area contributed by atoms with E-state index < -0.39 is 171 Å². The Morgan fingerprint density at radius 3 is 0.642 bits per heavy atom. The number of hydrogen-bond acceptors (Lipinski definition) is 46. The molecule has 804 valence electrons. The number of aldehydes is 6. The van der Waals surface area contributed by atoms with Crippen LogP contribution in [0.4, 0.5) is 0 Å². The largest absolute Gasteiger partial charge is 3.00 e. The van der Waals surface area contributed by atoms with E-state index in [2.05, 4.69) is 30.6 Å². The number of carbonyl (C=O) groups is 8. The number of ether oxygens (including phenoxy) is 2. The topological polar surface area (TPSA) is 869 Å². The van der Waals surface area contributed by atoms with Crippen molar-refractivity contribution in [1.29, 1.82) is 0 Å². The Bertz CT molecular complexity index is 4690. The number of aliphatic imine (C=N–C) groups is 4. The molecular weight excluding hydrogens is 2480 g/mol. The van der Waals surface area contributed by atoms with Crippen LogP contribution in [0.1, 0.15) is 162 Å². The van der Waals surface area contributed by atoms with Gasteiger partial charge in [-0.2, -0.15) is 0 Å². The first kappa shape index (κ1) is 156. The molecule has 10 rings (SSSR count). The average Bonchev–Trinajstić information content (AvgIpc) is 1.65. The van der Waals surface area contributed by atoms with E-state index in [4.69, 9.17) is 81.0 Å². The fraction of sp³-hybridized carbons (Fsp3) is 0.388. The number of carbonyl (C=O) groups excluding carboxylic acids is 8. The van der Waals surface area contributed by atoms with Crippen LogP contribution >= 0.6 is 0 Å². The summed E-state index contributed by atoms with van der Waals surface area (Å²) in [5.74, 6) is -5.05. The Morgan fingerprint density at radius 2 is 0.486 bits per heavy atom. The Kier molecular flexibility index (Phi) is 90.5. The molecule has 2 atom stereocenters. The number of aromatic carboxylic acids is 2. The van der Waals surface area contributed by atoms with Crippen molar-refractivity contribution in [3.8, 4) is 34.5 Å². The van der Waals surface area contributed by atoms with Crippen molar-refractivity contribution in [3.05, 3.63) is 245 Å². The Morgan fingerprint density at radius 1 is 0.311 bits per heavy atom.